The fourth-order valence-electron chi connectivity index (χ4n) is 2.66. The van der Waals surface area contributed by atoms with Crippen molar-refractivity contribution in [2.75, 3.05) is 19.6 Å². The molecule has 2 rings (SSSR count). The number of benzene rings is 1. The topological polar surface area (TPSA) is 104 Å². The number of hydrogen-bond donors (Lipinski definition) is 2. The normalized spacial score (nSPS) is 18.4. The van der Waals surface area contributed by atoms with Gasteiger partial charge in [-0.05, 0) is 31.9 Å². The van der Waals surface area contributed by atoms with E-state index in [2.05, 4.69) is 4.72 Å². The lowest BCUT2D eigenvalue weighted by Crippen LogP contribution is -2.43. The number of carboxylic acid groups (broad SMARTS) is 1. The summed E-state index contributed by atoms with van der Waals surface area (Å²) in [7, 11) is -3.64. The Morgan fingerprint density at radius 3 is 2.58 bits per heavy atom. The Kier molecular flexibility index (Phi) is 5.95. The highest BCUT2D eigenvalue weighted by molar-refractivity contribution is 7.89. The number of carboxylic acids is 1. The van der Waals surface area contributed by atoms with Crippen LogP contribution in [0, 0.1) is 12.8 Å². The van der Waals surface area contributed by atoms with Gasteiger partial charge in [-0.1, -0.05) is 17.7 Å². The minimum atomic E-state index is -3.64. The third-order valence-electron chi connectivity index (χ3n) is 4.09. The van der Waals surface area contributed by atoms with Crippen LogP contribution in [0.15, 0.2) is 29.2 Å². The summed E-state index contributed by atoms with van der Waals surface area (Å²) in [6.07, 6.45) is 1.23. The van der Waals surface area contributed by atoms with Gasteiger partial charge in [0.1, 0.15) is 0 Å². The molecule has 1 heterocycles. The van der Waals surface area contributed by atoms with Crippen molar-refractivity contribution in [2.24, 2.45) is 5.92 Å². The van der Waals surface area contributed by atoms with E-state index in [9.17, 15) is 18.0 Å². The van der Waals surface area contributed by atoms with E-state index in [0.717, 1.165) is 5.56 Å². The van der Waals surface area contributed by atoms with Gasteiger partial charge in [0.15, 0.2) is 0 Å². The molecule has 1 atom stereocenters. The number of piperidine rings is 1. The van der Waals surface area contributed by atoms with Crippen molar-refractivity contribution in [1.29, 1.82) is 0 Å². The van der Waals surface area contributed by atoms with Gasteiger partial charge in [0.05, 0.1) is 10.8 Å². The molecule has 0 saturated carbocycles. The standard InChI is InChI=1S/C16H22N2O5S/c1-12-4-6-14(7-5-12)24(22,23)17-9-8-15(19)18-10-2-3-13(11-18)16(20)21/h4-7,13,17H,2-3,8-11H2,1H3,(H,20,21)/t13-/m0/s1. The first kappa shape index (κ1) is 18.4. The molecule has 8 heteroatoms. The van der Waals surface area contributed by atoms with Crippen LogP contribution in [-0.2, 0) is 19.6 Å². The monoisotopic (exact) mass is 354 g/mol. The van der Waals surface area contributed by atoms with Gasteiger partial charge in [0, 0.05) is 26.1 Å². The SMILES string of the molecule is Cc1ccc(S(=O)(=O)NCCC(=O)N2CCC[C@H](C(=O)O)C2)cc1. The molecule has 132 valence electrons. The molecule has 2 N–H and O–H groups in total. The summed E-state index contributed by atoms with van der Waals surface area (Å²) < 4.78 is 26.7. The minimum absolute atomic E-state index is 0.0106. The van der Waals surface area contributed by atoms with Crippen LogP contribution in [-0.4, -0.2) is 49.9 Å². The summed E-state index contributed by atoms with van der Waals surface area (Å²) >= 11 is 0. The van der Waals surface area contributed by atoms with Crippen LogP contribution in [0.1, 0.15) is 24.8 Å². The molecule has 1 aromatic carbocycles. The molecule has 1 aliphatic rings. The van der Waals surface area contributed by atoms with Crippen molar-refractivity contribution in [2.45, 2.75) is 31.1 Å². The number of carbonyl (C=O) groups excluding carboxylic acids is 1. The summed E-state index contributed by atoms with van der Waals surface area (Å²) in [5, 5.41) is 9.04. The van der Waals surface area contributed by atoms with Crippen molar-refractivity contribution < 1.29 is 23.1 Å². The summed E-state index contributed by atoms with van der Waals surface area (Å²) in [6.45, 7) is 2.57. The lowest BCUT2D eigenvalue weighted by molar-refractivity contribution is -0.145. The fraction of sp³-hybridized carbons (Fsp3) is 0.500. The Morgan fingerprint density at radius 2 is 1.96 bits per heavy atom. The Balaban J connectivity index is 1.85. The number of carbonyl (C=O) groups is 2. The number of amides is 1. The summed E-state index contributed by atoms with van der Waals surface area (Å²) in [4.78, 5) is 24.8. The van der Waals surface area contributed by atoms with Gasteiger partial charge in [-0.3, -0.25) is 9.59 Å². The molecule has 0 bridgehead atoms. The number of sulfonamides is 1. The summed E-state index contributed by atoms with van der Waals surface area (Å²) in [5.74, 6) is -1.66. The number of hydrogen-bond acceptors (Lipinski definition) is 4. The molecule has 0 unspecified atom stereocenters. The molecule has 24 heavy (non-hydrogen) atoms. The molecule has 1 aliphatic heterocycles. The Hall–Kier alpha value is -1.93. The number of aliphatic carboxylic acids is 1. The molecular weight excluding hydrogens is 332 g/mol. The molecule has 1 saturated heterocycles. The fourth-order valence-corrected chi connectivity index (χ4v) is 3.69. The number of nitrogens with zero attached hydrogens (tertiary/aromatic N) is 1. The molecule has 1 fully saturated rings. The van der Waals surface area contributed by atoms with E-state index in [0.29, 0.717) is 19.4 Å². The van der Waals surface area contributed by atoms with E-state index in [-0.39, 0.29) is 30.3 Å². The predicted molar refractivity (Wildman–Crippen MR) is 87.9 cm³/mol. The van der Waals surface area contributed by atoms with Crippen LogP contribution in [0.3, 0.4) is 0 Å². The second-order valence-electron chi connectivity index (χ2n) is 5.98. The number of aryl methyl sites for hydroxylation is 1. The quantitative estimate of drug-likeness (QED) is 0.793. The average molecular weight is 354 g/mol. The van der Waals surface area contributed by atoms with Gasteiger partial charge < -0.3 is 10.0 Å². The lowest BCUT2D eigenvalue weighted by atomic mass is 9.98. The third kappa shape index (κ3) is 4.78. The van der Waals surface area contributed by atoms with Crippen molar-refractivity contribution in [3.05, 3.63) is 29.8 Å². The van der Waals surface area contributed by atoms with Crippen LogP contribution in [0.25, 0.3) is 0 Å². The smallest absolute Gasteiger partial charge is 0.308 e. The van der Waals surface area contributed by atoms with Gasteiger partial charge in [0.25, 0.3) is 0 Å². The first-order chi connectivity index (χ1) is 11.3. The van der Waals surface area contributed by atoms with Crippen LogP contribution in [0.4, 0.5) is 0 Å². The van der Waals surface area contributed by atoms with E-state index in [1.165, 1.54) is 17.0 Å². The molecule has 1 aromatic rings. The maximum Gasteiger partial charge on any atom is 0.308 e. The zero-order valence-electron chi connectivity index (χ0n) is 13.6. The van der Waals surface area contributed by atoms with E-state index in [1.54, 1.807) is 12.1 Å². The molecular formula is C16H22N2O5S. The van der Waals surface area contributed by atoms with E-state index >= 15 is 0 Å². The maximum atomic E-state index is 12.1. The number of likely N-dealkylation sites (tertiary alicyclic amines) is 1. The predicted octanol–water partition coefficient (Wildman–Crippen LogP) is 0.987. The summed E-state index contributed by atoms with van der Waals surface area (Å²) in [5.41, 5.74) is 0.960. The highest BCUT2D eigenvalue weighted by Gasteiger charge is 2.28. The van der Waals surface area contributed by atoms with E-state index in [1.807, 2.05) is 6.92 Å². The number of rotatable bonds is 6. The first-order valence-electron chi connectivity index (χ1n) is 7.86. The van der Waals surface area contributed by atoms with Gasteiger partial charge in [-0.2, -0.15) is 0 Å². The van der Waals surface area contributed by atoms with Gasteiger partial charge in [0.2, 0.25) is 15.9 Å². The van der Waals surface area contributed by atoms with Crippen LogP contribution >= 0.6 is 0 Å². The number of nitrogens with one attached hydrogen (secondary N) is 1. The van der Waals surface area contributed by atoms with Crippen molar-refractivity contribution in [1.82, 2.24) is 9.62 Å². The highest BCUT2D eigenvalue weighted by Crippen LogP contribution is 2.17. The zero-order chi connectivity index (χ0) is 17.7. The van der Waals surface area contributed by atoms with Crippen LogP contribution < -0.4 is 4.72 Å². The van der Waals surface area contributed by atoms with E-state index in [4.69, 9.17) is 5.11 Å². The minimum Gasteiger partial charge on any atom is -0.481 e. The molecule has 0 aliphatic carbocycles. The second-order valence-corrected chi connectivity index (χ2v) is 7.74. The third-order valence-corrected chi connectivity index (χ3v) is 5.56. The molecule has 0 radical (unpaired) electrons. The first-order valence-corrected chi connectivity index (χ1v) is 9.35. The average Bonchev–Trinajstić information content (AvgIpc) is 2.55. The molecule has 0 spiro atoms. The molecule has 0 aromatic heterocycles. The Bertz CT molecular complexity index is 700. The van der Waals surface area contributed by atoms with Gasteiger partial charge in [-0.25, -0.2) is 13.1 Å². The molecule has 1 amide bonds. The van der Waals surface area contributed by atoms with Gasteiger partial charge in [-0.15, -0.1) is 0 Å². The van der Waals surface area contributed by atoms with E-state index < -0.39 is 21.9 Å². The second kappa shape index (κ2) is 7.76. The highest BCUT2D eigenvalue weighted by atomic mass is 32.2. The van der Waals surface area contributed by atoms with Crippen molar-refractivity contribution in [3.8, 4) is 0 Å². The van der Waals surface area contributed by atoms with Crippen molar-refractivity contribution >= 4 is 21.9 Å². The zero-order valence-corrected chi connectivity index (χ0v) is 14.4. The maximum absolute atomic E-state index is 12.1. The Labute approximate surface area is 141 Å². The van der Waals surface area contributed by atoms with Crippen molar-refractivity contribution in [3.63, 3.8) is 0 Å². The van der Waals surface area contributed by atoms with Gasteiger partial charge >= 0.3 is 5.97 Å². The lowest BCUT2D eigenvalue weighted by Gasteiger charge is -2.30. The summed E-state index contributed by atoms with van der Waals surface area (Å²) in [6, 6.07) is 6.45. The Morgan fingerprint density at radius 1 is 1.29 bits per heavy atom. The molecule has 7 nitrogen and oxygen atoms in total. The van der Waals surface area contributed by atoms with Crippen LogP contribution in [0.5, 0.6) is 0 Å². The largest absolute Gasteiger partial charge is 0.481 e. The van der Waals surface area contributed by atoms with Crippen LogP contribution in [0.2, 0.25) is 0 Å².